The summed E-state index contributed by atoms with van der Waals surface area (Å²) in [6, 6.07) is 12.2. The van der Waals surface area contributed by atoms with E-state index >= 15 is 0 Å². The number of hydrogen-bond donors (Lipinski definition) is 0. The molecule has 2 aromatic carbocycles. The van der Waals surface area contributed by atoms with Crippen LogP contribution in [0.4, 0.5) is 0 Å². The van der Waals surface area contributed by atoms with E-state index in [2.05, 4.69) is 27.8 Å². The lowest BCUT2D eigenvalue weighted by atomic mass is 9.81. The smallest absolute Gasteiger partial charge is 0.276 e. The highest BCUT2D eigenvalue weighted by atomic mass is 16.5. The van der Waals surface area contributed by atoms with Crippen LogP contribution in [0.5, 0.6) is 5.75 Å². The first-order valence-corrected chi connectivity index (χ1v) is 14.5. The Kier molecular flexibility index (Phi) is 6.71. The lowest BCUT2D eigenvalue weighted by molar-refractivity contribution is 0.0298. The molecule has 2 aliphatic heterocycles. The second-order valence-electron chi connectivity index (χ2n) is 11.1. The zero-order valence-corrected chi connectivity index (χ0v) is 23.2. The topological polar surface area (TPSA) is 86.8 Å². The number of aromatic nitrogens is 2. The molecule has 1 saturated carbocycles. The van der Waals surface area contributed by atoms with E-state index in [1.807, 2.05) is 24.3 Å². The average molecular weight is 552 g/mol. The van der Waals surface area contributed by atoms with E-state index in [9.17, 15) is 9.59 Å². The van der Waals surface area contributed by atoms with Crippen molar-refractivity contribution in [1.82, 2.24) is 14.5 Å². The third-order valence-corrected chi connectivity index (χ3v) is 8.81. The van der Waals surface area contributed by atoms with Gasteiger partial charge in [-0.3, -0.25) is 9.59 Å². The van der Waals surface area contributed by atoms with E-state index < -0.39 is 0 Å². The molecule has 8 nitrogen and oxygen atoms in total. The van der Waals surface area contributed by atoms with E-state index in [4.69, 9.17) is 13.9 Å². The minimum atomic E-state index is -0.156. The molecule has 0 atom stereocenters. The van der Waals surface area contributed by atoms with Gasteiger partial charge in [-0.25, -0.2) is 4.98 Å². The standard InChI is InChI=1S/C33H33N3O5/c1-39-25-8-10-26-23(17-25)16-24(32-30(34-20-41-32)33(38)35-11-13-40-14-12-35)18-36-28-15-21(19-37)7-9-27(28)29(31(26)36)22-5-3-2-4-6-22/h7-10,15-17,19-20,22H,2-6,11-14,18H2,1H3. The molecule has 2 aromatic heterocycles. The molecule has 41 heavy (non-hydrogen) atoms. The molecular weight excluding hydrogens is 518 g/mol. The molecule has 1 saturated heterocycles. The summed E-state index contributed by atoms with van der Waals surface area (Å²) in [6.07, 6.45) is 10.4. The summed E-state index contributed by atoms with van der Waals surface area (Å²) in [5.74, 6) is 1.51. The Bertz CT molecular complexity index is 1670. The number of aldehydes is 1. The first-order valence-electron chi connectivity index (χ1n) is 14.5. The number of ether oxygens (including phenoxy) is 2. The molecule has 7 rings (SSSR count). The van der Waals surface area contributed by atoms with Crippen molar-refractivity contribution >= 4 is 34.7 Å². The van der Waals surface area contributed by atoms with Gasteiger partial charge in [-0.2, -0.15) is 0 Å². The number of oxazole rings is 1. The Labute approximate surface area is 238 Å². The first kappa shape index (κ1) is 25.8. The third-order valence-electron chi connectivity index (χ3n) is 8.81. The van der Waals surface area contributed by atoms with Crippen LogP contribution in [-0.2, 0) is 11.3 Å². The van der Waals surface area contributed by atoms with Crippen molar-refractivity contribution in [2.75, 3.05) is 33.4 Å². The number of hydrogen-bond acceptors (Lipinski definition) is 6. The Balaban J connectivity index is 1.45. The summed E-state index contributed by atoms with van der Waals surface area (Å²) >= 11 is 0. The molecule has 0 spiro atoms. The zero-order chi connectivity index (χ0) is 27.9. The SMILES string of the molecule is COc1ccc2c(c1)C=C(c1ocnc1C(=O)N1CCOCC1)Cn1c-2c(C2CCCCC2)c2ccc(C=O)cc21. The second kappa shape index (κ2) is 10.7. The van der Waals surface area contributed by atoms with E-state index in [0.717, 1.165) is 47.1 Å². The van der Waals surface area contributed by atoms with Crippen molar-refractivity contribution in [2.45, 2.75) is 44.6 Å². The van der Waals surface area contributed by atoms with Gasteiger partial charge in [0, 0.05) is 40.7 Å². The van der Waals surface area contributed by atoms with Crippen molar-refractivity contribution in [2.24, 2.45) is 0 Å². The van der Waals surface area contributed by atoms with Crippen molar-refractivity contribution in [1.29, 1.82) is 0 Å². The van der Waals surface area contributed by atoms with Crippen LogP contribution < -0.4 is 4.74 Å². The van der Waals surface area contributed by atoms with Gasteiger partial charge < -0.3 is 23.4 Å². The number of benzene rings is 2. The average Bonchev–Trinajstić information content (AvgIpc) is 3.60. The maximum Gasteiger partial charge on any atom is 0.276 e. The maximum absolute atomic E-state index is 13.6. The first-order chi connectivity index (χ1) is 20.2. The van der Waals surface area contributed by atoms with Crippen LogP contribution in [-0.4, -0.2) is 60.1 Å². The Hall–Kier alpha value is -4.17. The molecule has 0 radical (unpaired) electrons. The molecular formula is C33H33N3O5. The Morgan fingerprint density at radius 3 is 2.68 bits per heavy atom. The number of rotatable bonds is 5. The molecule has 0 unspecified atom stereocenters. The van der Waals surface area contributed by atoms with Crippen LogP contribution in [0.15, 0.2) is 47.2 Å². The maximum atomic E-state index is 13.6. The van der Waals surface area contributed by atoms with Crippen LogP contribution in [0.25, 0.3) is 33.8 Å². The summed E-state index contributed by atoms with van der Waals surface area (Å²) in [6.45, 7) is 2.54. The number of methoxy groups -OCH3 is 1. The van der Waals surface area contributed by atoms with Crippen molar-refractivity contribution in [3.8, 4) is 17.0 Å². The summed E-state index contributed by atoms with van der Waals surface area (Å²) < 4.78 is 19.4. The fourth-order valence-electron chi connectivity index (χ4n) is 6.81. The normalized spacial score (nSPS) is 17.5. The van der Waals surface area contributed by atoms with E-state index in [1.165, 1.54) is 42.3 Å². The summed E-state index contributed by atoms with van der Waals surface area (Å²) in [7, 11) is 1.67. The number of carbonyl (C=O) groups is 2. The fraction of sp³-hybridized carbons (Fsp3) is 0.364. The fourth-order valence-corrected chi connectivity index (χ4v) is 6.81. The predicted molar refractivity (Wildman–Crippen MR) is 156 cm³/mol. The Morgan fingerprint density at radius 1 is 1.07 bits per heavy atom. The lowest BCUT2D eigenvalue weighted by Gasteiger charge is -2.26. The number of nitrogens with zero attached hydrogens (tertiary/aromatic N) is 3. The second-order valence-corrected chi connectivity index (χ2v) is 11.1. The molecule has 1 aliphatic carbocycles. The van der Waals surface area contributed by atoms with Crippen molar-refractivity contribution in [3.63, 3.8) is 0 Å². The molecule has 4 heterocycles. The number of morpholine rings is 1. The molecule has 2 fully saturated rings. The Morgan fingerprint density at radius 2 is 1.90 bits per heavy atom. The van der Waals surface area contributed by atoms with Gasteiger partial charge in [-0.05, 0) is 60.2 Å². The van der Waals surface area contributed by atoms with Crippen LogP contribution in [0.1, 0.15) is 75.8 Å². The van der Waals surface area contributed by atoms with Crippen LogP contribution in [0.3, 0.4) is 0 Å². The molecule has 3 aliphatic rings. The molecule has 210 valence electrons. The van der Waals surface area contributed by atoms with Gasteiger partial charge >= 0.3 is 0 Å². The van der Waals surface area contributed by atoms with Gasteiger partial charge in [0.2, 0.25) is 0 Å². The lowest BCUT2D eigenvalue weighted by Crippen LogP contribution is -2.41. The van der Waals surface area contributed by atoms with Crippen LogP contribution in [0.2, 0.25) is 0 Å². The van der Waals surface area contributed by atoms with E-state index in [-0.39, 0.29) is 5.91 Å². The van der Waals surface area contributed by atoms with Gasteiger partial charge in [0.05, 0.1) is 32.6 Å². The van der Waals surface area contributed by atoms with Crippen LogP contribution >= 0.6 is 0 Å². The number of allylic oxidation sites excluding steroid dienone is 1. The van der Waals surface area contributed by atoms with E-state index in [1.54, 1.807) is 12.0 Å². The third kappa shape index (κ3) is 4.47. The monoisotopic (exact) mass is 551 g/mol. The number of carbonyl (C=O) groups excluding carboxylic acids is 2. The van der Waals surface area contributed by atoms with Crippen molar-refractivity contribution < 1.29 is 23.5 Å². The van der Waals surface area contributed by atoms with E-state index in [0.29, 0.717) is 55.8 Å². The zero-order valence-electron chi connectivity index (χ0n) is 23.2. The minimum absolute atomic E-state index is 0.156. The molecule has 4 aromatic rings. The van der Waals surface area contributed by atoms with Crippen molar-refractivity contribution in [3.05, 3.63) is 70.9 Å². The largest absolute Gasteiger partial charge is 0.497 e. The molecule has 0 N–H and O–H groups in total. The highest BCUT2D eigenvalue weighted by Crippen LogP contribution is 2.47. The van der Waals surface area contributed by atoms with Gasteiger partial charge in [-0.15, -0.1) is 0 Å². The van der Waals surface area contributed by atoms with Crippen LogP contribution in [0, 0.1) is 0 Å². The summed E-state index contributed by atoms with van der Waals surface area (Å²) in [5, 5.41) is 1.18. The molecule has 8 heteroatoms. The highest BCUT2D eigenvalue weighted by Gasteiger charge is 2.32. The number of amides is 1. The minimum Gasteiger partial charge on any atom is -0.497 e. The van der Waals surface area contributed by atoms with Gasteiger partial charge in [0.25, 0.3) is 5.91 Å². The van der Waals surface area contributed by atoms with Gasteiger partial charge in [-0.1, -0.05) is 31.4 Å². The molecule has 1 amide bonds. The summed E-state index contributed by atoms with van der Waals surface area (Å²) in [5.41, 5.74) is 7.42. The number of fused-ring (bicyclic) bond motifs is 5. The highest BCUT2D eigenvalue weighted by molar-refractivity contribution is 6.02. The quantitative estimate of drug-likeness (QED) is 0.275. The van der Waals surface area contributed by atoms with Gasteiger partial charge in [0.15, 0.2) is 17.8 Å². The molecule has 0 bridgehead atoms. The van der Waals surface area contributed by atoms with Gasteiger partial charge in [0.1, 0.15) is 12.0 Å². The predicted octanol–water partition coefficient (Wildman–Crippen LogP) is 6.19. The summed E-state index contributed by atoms with van der Waals surface area (Å²) in [4.78, 5) is 31.6.